The third-order valence-electron chi connectivity index (χ3n) is 3.92. The number of benzene rings is 2. The molecule has 2 nitrogen and oxygen atoms in total. The lowest BCUT2D eigenvalue weighted by Gasteiger charge is -2.29. The van der Waals surface area contributed by atoms with E-state index in [0.717, 1.165) is 31.6 Å². The first kappa shape index (κ1) is 13.9. The van der Waals surface area contributed by atoms with E-state index in [0.29, 0.717) is 0 Å². The van der Waals surface area contributed by atoms with Crippen molar-refractivity contribution in [2.45, 2.75) is 19.5 Å². The molecule has 0 bridgehead atoms. The van der Waals surface area contributed by atoms with Gasteiger partial charge in [0.25, 0.3) is 0 Å². The van der Waals surface area contributed by atoms with Gasteiger partial charge < -0.3 is 5.11 Å². The molecule has 0 spiro atoms. The number of aliphatic hydroxyl groups is 1. The molecule has 1 aliphatic rings. The molecule has 0 amide bonds. The Kier molecular flexibility index (Phi) is 4.35. The van der Waals surface area contributed by atoms with Crippen molar-refractivity contribution in [1.29, 1.82) is 0 Å². The Balaban J connectivity index is 1.76. The Hall–Kier alpha value is -2.08. The lowest BCUT2D eigenvalue weighted by atomic mass is 9.99. The fraction of sp³-hybridized carbons (Fsp3) is 0.263. The monoisotopic (exact) mass is 277 g/mol. The fourth-order valence-corrected chi connectivity index (χ4v) is 2.84. The Morgan fingerprint density at radius 2 is 1.76 bits per heavy atom. The molecule has 21 heavy (non-hydrogen) atoms. The van der Waals surface area contributed by atoms with E-state index in [1.54, 1.807) is 0 Å². The standard InChI is InChI=1S/C19H19NO/c21-13-5-10-16-6-1-3-8-18(16)14-20-12-11-17-7-2-4-9-19(17)15-20/h1-4,6-9,21H,11-15H2. The number of hydrogen-bond acceptors (Lipinski definition) is 2. The van der Waals surface area contributed by atoms with E-state index >= 15 is 0 Å². The molecule has 0 atom stereocenters. The van der Waals surface area contributed by atoms with Crippen molar-refractivity contribution in [2.24, 2.45) is 0 Å². The van der Waals surface area contributed by atoms with E-state index in [9.17, 15) is 0 Å². The van der Waals surface area contributed by atoms with Gasteiger partial charge in [0.05, 0.1) is 0 Å². The van der Waals surface area contributed by atoms with Crippen molar-refractivity contribution in [3.63, 3.8) is 0 Å². The van der Waals surface area contributed by atoms with Crippen LogP contribution in [0, 0.1) is 11.8 Å². The maximum atomic E-state index is 8.87. The topological polar surface area (TPSA) is 23.5 Å². The van der Waals surface area contributed by atoms with Gasteiger partial charge in [-0.25, -0.2) is 0 Å². The first-order valence-corrected chi connectivity index (χ1v) is 7.33. The van der Waals surface area contributed by atoms with Gasteiger partial charge in [-0.15, -0.1) is 0 Å². The summed E-state index contributed by atoms with van der Waals surface area (Å²) in [6.45, 7) is 2.90. The predicted molar refractivity (Wildman–Crippen MR) is 84.7 cm³/mol. The predicted octanol–water partition coefficient (Wildman–Crippen LogP) is 2.59. The molecule has 0 unspecified atom stereocenters. The first-order chi connectivity index (χ1) is 10.4. The Bertz CT molecular complexity index is 681. The number of aliphatic hydroxyl groups excluding tert-OH is 1. The SMILES string of the molecule is OCC#Cc1ccccc1CN1CCc2ccccc2C1. The Labute approximate surface area is 126 Å². The lowest BCUT2D eigenvalue weighted by molar-refractivity contribution is 0.245. The molecule has 1 aliphatic heterocycles. The van der Waals surface area contributed by atoms with E-state index in [4.69, 9.17) is 5.11 Å². The smallest absolute Gasteiger partial charge is 0.104 e. The molecule has 0 aromatic heterocycles. The van der Waals surface area contributed by atoms with Gasteiger partial charge in [0, 0.05) is 25.2 Å². The number of nitrogens with zero attached hydrogens (tertiary/aromatic N) is 1. The third kappa shape index (κ3) is 3.33. The van der Waals surface area contributed by atoms with E-state index < -0.39 is 0 Å². The largest absolute Gasteiger partial charge is 0.384 e. The number of hydrogen-bond donors (Lipinski definition) is 1. The highest BCUT2D eigenvalue weighted by atomic mass is 16.2. The van der Waals surface area contributed by atoms with Crippen LogP contribution in [0.2, 0.25) is 0 Å². The van der Waals surface area contributed by atoms with Gasteiger partial charge in [-0.05, 0) is 29.2 Å². The lowest BCUT2D eigenvalue weighted by Crippen LogP contribution is -2.30. The Morgan fingerprint density at radius 3 is 2.62 bits per heavy atom. The van der Waals surface area contributed by atoms with Crippen LogP contribution >= 0.6 is 0 Å². The Morgan fingerprint density at radius 1 is 1.00 bits per heavy atom. The molecule has 0 saturated carbocycles. The van der Waals surface area contributed by atoms with Gasteiger partial charge >= 0.3 is 0 Å². The quantitative estimate of drug-likeness (QED) is 0.853. The minimum Gasteiger partial charge on any atom is -0.384 e. The molecule has 2 aromatic rings. The van der Waals surface area contributed by atoms with Crippen LogP contribution in [0.15, 0.2) is 48.5 Å². The van der Waals surface area contributed by atoms with Crippen molar-refractivity contribution < 1.29 is 5.11 Å². The van der Waals surface area contributed by atoms with Gasteiger partial charge in [0.15, 0.2) is 0 Å². The molecule has 1 N–H and O–H groups in total. The highest BCUT2D eigenvalue weighted by Crippen LogP contribution is 2.21. The van der Waals surface area contributed by atoms with E-state index in [1.807, 2.05) is 12.1 Å². The third-order valence-corrected chi connectivity index (χ3v) is 3.92. The summed E-state index contributed by atoms with van der Waals surface area (Å²) in [5.74, 6) is 5.79. The van der Waals surface area contributed by atoms with Crippen LogP contribution in [-0.4, -0.2) is 23.2 Å². The summed E-state index contributed by atoms with van der Waals surface area (Å²) >= 11 is 0. The summed E-state index contributed by atoms with van der Waals surface area (Å²) in [6.07, 6.45) is 1.11. The number of rotatable bonds is 2. The second kappa shape index (κ2) is 6.58. The molecule has 3 rings (SSSR count). The summed E-state index contributed by atoms with van der Waals surface area (Å²) in [5.41, 5.74) is 5.16. The van der Waals surface area contributed by atoms with Gasteiger partial charge in [0.1, 0.15) is 6.61 Å². The maximum absolute atomic E-state index is 8.87. The maximum Gasteiger partial charge on any atom is 0.104 e. The van der Waals surface area contributed by atoms with E-state index in [2.05, 4.69) is 53.1 Å². The van der Waals surface area contributed by atoms with Gasteiger partial charge in [-0.1, -0.05) is 54.3 Å². The summed E-state index contributed by atoms with van der Waals surface area (Å²) in [5, 5.41) is 8.87. The van der Waals surface area contributed by atoms with Gasteiger partial charge in [-0.3, -0.25) is 4.90 Å². The van der Waals surface area contributed by atoms with Crippen LogP contribution < -0.4 is 0 Å². The molecular formula is C19H19NO. The zero-order chi connectivity index (χ0) is 14.5. The van der Waals surface area contributed by atoms with Crippen molar-refractivity contribution in [1.82, 2.24) is 4.90 Å². The molecule has 0 radical (unpaired) electrons. The molecule has 2 aromatic carbocycles. The second-order valence-electron chi connectivity index (χ2n) is 5.35. The van der Waals surface area contributed by atoms with E-state index in [-0.39, 0.29) is 6.61 Å². The van der Waals surface area contributed by atoms with Crippen molar-refractivity contribution >= 4 is 0 Å². The van der Waals surface area contributed by atoms with Gasteiger partial charge in [-0.2, -0.15) is 0 Å². The molecule has 0 saturated heterocycles. The second-order valence-corrected chi connectivity index (χ2v) is 5.35. The van der Waals surface area contributed by atoms with Crippen LogP contribution in [-0.2, 0) is 19.5 Å². The van der Waals surface area contributed by atoms with Crippen LogP contribution in [0.5, 0.6) is 0 Å². The number of fused-ring (bicyclic) bond motifs is 1. The summed E-state index contributed by atoms with van der Waals surface area (Å²) in [6, 6.07) is 16.9. The van der Waals surface area contributed by atoms with Crippen LogP contribution in [0.1, 0.15) is 22.3 Å². The normalized spacial score (nSPS) is 14.1. The fourth-order valence-electron chi connectivity index (χ4n) is 2.84. The average molecular weight is 277 g/mol. The summed E-state index contributed by atoms with van der Waals surface area (Å²) in [7, 11) is 0. The molecule has 2 heteroatoms. The zero-order valence-electron chi connectivity index (χ0n) is 12.0. The molecule has 106 valence electrons. The summed E-state index contributed by atoms with van der Waals surface area (Å²) < 4.78 is 0. The van der Waals surface area contributed by atoms with Gasteiger partial charge in [0.2, 0.25) is 0 Å². The zero-order valence-corrected chi connectivity index (χ0v) is 12.0. The van der Waals surface area contributed by atoms with Crippen molar-refractivity contribution in [2.75, 3.05) is 13.2 Å². The van der Waals surface area contributed by atoms with Crippen molar-refractivity contribution in [3.05, 3.63) is 70.8 Å². The molecule has 0 fully saturated rings. The average Bonchev–Trinajstić information content (AvgIpc) is 2.54. The first-order valence-electron chi connectivity index (χ1n) is 7.33. The minimum atomic E-state index is -0.0918. The minimum absolute atomic E-state index is 0.0918. The van der Waals surface area contributed by atoms with Crippen LogP contribution in [0.4, 0.5) is 0 Å². The molecule has 1 heterocycles. The summed E-state index contributed by atoms with van der Waals surface area (Å²) in [4.78, 5) is 2.46. The van der Waals surface area contributed by atoms with E-state index in [1.165, 1.54) is 16.7 Å². The molecule has 0 aliphatic carbocycles. The van der Waals surface area contributed by atoms with Crippen LogP contribution in [0.25, 0.3) is 0 Å². The van der Waals surface area contributed by atoms with Crippen molar-refractivity contribution in [3.8, 4) is 11.8 Å². The molecular weight excluding hydrogens is 258 g/mol. The van der Waals surface area contributed by atoms with Crippen LogP contribution in [0.3, 0.4) is 0 Å². The highest BCUT2D eigenvalue weighted by Gasteiger charge is 2.16. The highest BCUT2D eigenvalue weighted by molar-refractivity contribution is 5.41.